The first kappa shape index (κ1) is 31.7. The summed E-state index contributed by atoms with van der Waals surface area (Å²) < 4.78 is 34.3. The maximum atomic E-state index is 14.2. The molecular weight excluding hydrogens is 538 g/mol. The van der Waals surface area contributed by atoms with Crippen molar-refractivity contribution in [3.8, 4) is 5.75 Å². The fourth-order valence-electron chi connectivity index (χ4n) is 4.42. The van der Waals surface area contributed by atoms with Gasteiger partial charge in [0.1, 0.15) is 18.3 Å². The molecule has 9 heteroatoms. The molecule has 0 aromatic heterocycles. The van der Waals surface area contributed by atoms with Gasteiger partial charge < -0.3 is 15.0 Å². The van der Waals surface area contributed by atoms with E-state index in [1.807, 2.05) is 52.8 Å². The molecule has 3 rings (SSSR count). The highest BCUT2D eigenvalue weighted by Crippen LogP contribution is 2.27. The van der Waals surface area contributed by atoms with E-state index < -0.39 is 28.5 Å². The predicted molar refractivity (Wildman–Crippen MR) is 162 cm³/mol. The molecule has 0 saturated heterocycles. The lowest BCUT2D eigenvalue weighted by Gasteiger charge is -2.34. The zero-order valence-electron chi connectivity index (χ0n) is 24.8. The number of nitrogens with one attached hydrogen (secondary N) is 1. The normalized spacial score (nSPS) is 12.7. The van der Waals surface area contributed by atoms with Gasteiger partial charge >= 0.3 is 0 Å². The van der Waals surface area contributed by atoms with E-state index in [9.17, 15) is 18.0 Å². The molecule has 2 amide bonds. The van der Waals surface area contributed by atoms with Crippen molar-refractivity contribution in [2.75, 3.05) is 18.0 Å². The molecule has 0 fully saturated rings. The van der Waals surface area contributed by atoms with E-state index in [2.05, 4.69) is 5.32 Å². The molecule has 1 N–H and O–H groups in total. The standard InChI is InChI=1S/C32H41N3O5S/c1-7-25(5)33-32(37)30(8-2)34(21-26-15-18-28(40-6)19-16-26)31(36)22-35(27-17-14-23(3)24(4)20-27)41(38,39)29-12-10-9-11-13-29/h9-20,25,30H,7-8,21-22H2,1-6H3,(H,33,37)/t25-,30+/m1/s1. The number of hydrogen-bond acceptors (Lipinski definition) is 5. The molecule has 2 atom stereocenters. The number of carbonyl (C=O) groups excluding carboxylic acids is 2. The summed E-state index contributed by atoms with van der Waals surface area (Å²) >= 11 is 0. The Morgan fingerprint density at radius 2 is 1.56 bits per heavy atom. The molecule has 0 radical (unpaired) electrons. The van der Waals surface area contributed by atoms with Gasteiger partial charge in [-0.15, -0.1) is 0 Å². The Morgan fingerprint density at radius 3 is 2.12 bits per heavy atom. The van der Waals surface area contributed by atoms with E-state index >= 15 is 0 Å². The molecule has 8 nitrogen and oxygen atoms in total. The van der Waals surface area contributed by atoms with Gasteiger partial charge in [0.05, 0.1) is 17.7 Å². The van der Waals surface area contributed by atoms with Crippen molar-refractivity contribution in [1.29, 1.82) is 0 Å². The lowest BCUT2D eigenvalue weighted by atomic mass is 10.1. The Balaban J connectivity index is 2.06. The summed E-state index contributed by atoms with van der Waals surface area (Å²) in [6.07, 6.45) is 1.10. The number of rotatable bonds is 13. The SMILES string of the molecule is CC[C@@H](C)NC(=O)[C@H](CC)N(Cc1ccc(OC)cc1)C(=O)CN(c1ccc(C)c(C)c1)S(=O)(=O)c1ccccc1. The Kier molecular flexibility index (Phi) is 10.9. The molecule has 0 bridgehead atoms. The molecule has 3 aromatic rings. The molecule has 0 aliphatic rings. The fourth-order valence-corrected chi connectivity index (χ4v) is 5.84. The van der Waals surface area contributed by atoms with Crippen molar-refractivity contribution in [3.63, 3.8) is 0 Å². The number of ether oxygens (including phenoxy) is 1. The second-order valence-corrected chi connectivity index (χ2v) is 12.1. The van der Waals surface area contributed by atoms with Crippen LogP contribution in [0, 0.1) is 13.8 Å². The summed E-state index contributed by atoms with van der Waals surface area (Å²) in [5.74, 6) is -0.0832. The number of carbonyl (C=O) groups is 2. The largest absolute Gasteiger partial charge is 0.497 e. The predicted octanol–water partition coefficient (Wildman–Crippen LogP) is 5.23. The highest BCUT2D eigenvalue weighted by Gasteiger charge is 2.34. The molecule has 0 saturated carbocycles. The van der Waals surface area contributed by atoms with Gasteiger partial charge in [0.15, 0.2) is 0 Å². The molecule has 0 unspecified atom stereocenters. The number of nitrogens with zero attached hydrogens (tertiary/aromatic N) is 2. The van der Waals surface area contributed by atoms with Gasteiger partial charge in [0.2, 0.25) is 11.8 Å². The highest BCUT2D eigenvalue weighted by atomic mass is 32.2. The maximum absolute atomic E-state index is 14.2. The third-order valence-corrected chi connectivity index (χ3v) is 9.08. The van der Waals surface area contributed by atoms with Crippen LogP contribution in [0.25, 0.3) is 0 Å². The first-order valence-electron chi connectivity index (χ1n) is 13.9. The zero-order chi connectivity index (χ0) is 30.2. The van der Waals surface area contributed by atoms with Gasteiger partial charge in [0.25, 0.3) is 10.0 Å². The number of amides is 2. The van der Waals surface area contributed by atoms with Crippen molar-refractivity contribution < 1.29 is 22.7 Å². The Hall–Kier alpha value is -3.85. The summed E-state index contributed by atoms with van der Waals surface area (Å²) in [6.45, 7) is 9.23. The molecule has 0 aliphatic heterocycles. The Labute approximate surface area is 244 Å². The number of aryl methyl sites for hydroxylation is 2. The maximum Gasteiger partial charge on any atom is 0.264 e. The molecule has 0 heterocycles. The van der Waals surface area contributed by atoms with E-state index in [0.29, 0.717) is 17.9 Å². The van der Waals surface area contributed by atoms with Crippen LogP contribution in [-0.2, 0) is 26.2 Å². The van der Waals surface area contributed by atoms with Crippen LogP contribution in [0.3, 0.4) is 0 Å². The molecule has 0 aliphatic carbocycles. The van der Waals surface area contributed by atoms with E-state index in [-0.39, 0.29) is 23.4 Å². The number of sulfonamides is 1. The van der Waals surface area contributed by atoms with Crippen molar-refractivity contribution in [2.45, 2.75) is 71.0 Å². The van der Waals surface area contributed by atoms with Gasteiger partial charge in [0, 0.05) is 12.6 Å². The minimum Gasteiger partial charge on any atom is -0.497 e. The first-order chi connectivity index (χ1) is 19.5. The highest BCUT2D eigenvalue weighted by molar-refractivity contribution is 7.92. The topological polar surface area (TPSA) is 96.0 Å². The van der Waals surface area contributed by atoms with Crippen molar-refractivity contribution in [2.24, 2.45) is 0 Å². The summed E-state index contributed by atoms with van der Waals surface area (Å²) in [6, 6.07) is 19.8. The Bertz CT molecular complexity index is 1430. The van der Waals surface area contributed by atoms with E-state index in [4.69, 9.17) is 4.74 Å². The van der Waals surface area contributed by atoms with Crippen LogP contribution >= 0.6 is 0 Å². The fraction of sp³-hybridized carbons (Fsp3) is 0.375. The zero-order valence-corrected chi connectivity index (χ0v) is 25.6. The molecule has 220 valence electrons. The molecule has 41 heavy (non-hydrogen) atoms. The third kappa shape index (κ3) is 7.88. The van der Waals surface area contributed by atoms with Crippen LogP contribution in [-0.4, -0.2) is 50.9 Å². The second-order valence-electron chi connectivity index (χ2n) is 10.2. The van der Waals surface area contributed by atoms with Gasteiger partial charge in [-0.05, 0) is 86.7 Å². The smallest absolute Gasteiger partial charge is 0.264 e. The summed E-state index contributed by atoms with van der Waals surface area (Å²) in [5.41, 5.74) is 3.08. The molecular formula is C32H41N3O5S. The average molecular weight is 580 g/mol. The van der Waals surface area contributed by atoms with E-state index in [0.717, 1.165) is 27.4 Å². The third-order valence-electron chi connectivity index (χ3n) is 7.29. The number of benzene rings is 3. The summed E-state index contributed by atoms with van der Waals surface area (Å²) in [5, 5.41) is 2.99. The monoisotopic (exact) mass is 579 g/mol. The lowest BCUT2D eigenvalue weighted by Crippen LogP contribution is -2.53. The summed E-state index contributed by atoms with van der Waals surface area (Å²) in [7, 11) is -2.53. The quantitative estimate of drug-likeness (QED) is 0.299. The number of anilines is 1. The van der Waals surface area contributed by atoms with Crippen LogP contribution in [0.1, 0.15) is 50.3 Å². The molecule has 0 spiro atoms. The minimum atomic E-state index is -4.10. The van der Waals surface area contributed by atoms with E-state index in [1.165, 1.54) is 17.0 Å². The molecule has 3 aromatic carbocycles. The summed E-state index contributed by atoms with van der Waals surface area (Å²) in [4.78, 5) is 29.1. The lowest BCUT2D eigenvalue weighted by molar-refractivity contribution is -0.140. The van der Waals surface area contributed by atoms with E-state index in [1.54, 1.807) is 49.6 Å². The Morgan fingerprint density at radius 1 is 0.902 bits per heavy atom. The van der Waals surface area contributed by atoms with Crippen molar-refractivity contribution in [3.05, 3.63) is 89.5 Å². The minimum absolute atomic E-state index is 0.0695. The first-order valence-corrected chi connectivity index (χ1v) is 15.3. The van der Waals surface area contributed by atoms with Gasteiger partial charge in [-0.2, -0.15) is 0 Å². The van der Waals surface area contributed by atoms with Gasteiger partial charge in [-0.3, -0.25) is 13.9 Å². The number of methoxy groups -OCH3 is 1. The number of hydrogen-bond donors (Lipinski definition) is 1. The van der Waals surface area contributed by atoms with Crippen LogP contribution in [0.15, 0.2) is 77.7 Å². The van der Waals surface area contributed by atoms with Crippen molar-refractivity contribution >= 4 is 27.5 Å². The van der Waals surface area contributed by atoms with Crippen LogP contribution in [0.5, 0.6) is 5.75 Å². The van der Waals surface area contributed by atoms with Gasteiger partial charge in [-0.25, -0.2) is 8.42 Å². The van der Waals surface area contributed by atoms with Crippen LogP contribution in [0.2, 0.25) is 0 Å². The average Bonchev–Trinajstić information content (AvgIpc) is 2.97. The second kappa shape index (κ2) is 14.2. The van der Waals surface area contributed by atoms with Crippen molar-refractivity contribution in [1.82, 2.24) is 10.2 Å². The van der Waals surface area contributed by atoms with Crippen LogP contribution in [0.4, 0.5) is 5.69 Å². The van der Waals surface area contributed by atoms with Gasteiger partial charge in [-0.1, -0.05) is 50.2 Å². The van der Waals surface area contributed by atoms with Crippen LogP contribution < -0.4 is 14.4 Å².